The molecule has 2 N–H and O–H groups in total. The van der Waals surface area contributed by atoms with Crippen molar-refractivity contribution in [2.75, 3.05) is 50.1 Å². The molecule has 0 saturated carbocycles. The highest BCUT2D eigenvalue weighted by Crippen LogP contribution is 2.34. The Balaban J connectivity index is 1.72. The van der Waals surface area contributed by atoms with Crippen molar-refractivity contribution in [2.24, 2.45) is 0 Å². The number of aromatic nitrogens is 1. The maximum absolute atomic E-state index is 10.1. The Kier molecular flexibility index (Phi) is 7.03. The summed E-state index contributed by atoms with van der Waals surface area (Å²) in [6, 6.07) is 12.5. The number of aliphatic hydroxyl groups excluding tert-OH is 1. The second-order valence-corrected chi connectivity index (χ2v) is 8.36. The van der Waals surface area contributed by atoms with Crippen LogP contribution in [-0.4, -0.2) is 61.0 Å². The van der Waals surface area contributed by atoms with Crippen LogP contribution in [0.25, 0.3) is 0 Å². The quantitative estimate of drug-likeness (QED) is 0.677. The van der Waals surface area contributed by atoms with Crippen molar-refractivity contribution in [2.45, 2.75) is 38.5 Å². The number of aliphatic hydroxyl groups is 1. The summed E-state index contributed by atoms with van der Waals surface area (Å²) < 4.78 is 5.78. The lowest BCUT2D eigenvalue weighted by atomic mass is 9.95. The van der Waals surface area contributed by atoms with Crippen molar-refractivity contribution in [3.05, 3.63) is 52.6 Å². The summed E-state index contributed by atoms with van der Waals surface area (Å²) >= 11 is 0. The van der Waals surface area contributed by atoms with Crippen molar-refractivity contribution in [1.29, 1.82) is 5.26 Å². The summed E-state index contributed by atoms with van der Waals surface area (Å²) in [6.07, 6.45) is 3.18. The van der Waals surface area contributed by atoms with E-state index in [0.717, 1.165) is 61.5 Å². The minimum absolute atomic E-state index is 0.00210. The molecule has 0 bridgehead atoms. The maximum Gasteiger partial charge on any atom is 0.149 e. The number of likely N-dealkylation sites (N-methyl/N-ethyl adjacent to an activating group) is 1. The van der Waals surface area contributed by atoms with Crippen molar-refractivity contribution >= 4 is 11.6 Å². The molecule has 0 amide bonds. The molecule has 1 unspecified atom stereocenters. The molecule has 3 heterocycles. The van der Waals surface area contributed by atoms with E-state index < -0.39 is 0 Å². The molecule has 0 spiro atoms. The van der Waals surface area contributed by atoms with Gasteiger partial charge in [-0.05, 0) is 37.4 Å². The molecule has 0 radical (unpaired) electrons. The summed E-state index contributed by atoms with van der Waals surface area (Å²) in [4.78, 5) is 9.25. The number of ether oxygens (including phenoxy) is 1. The fraction of sp³-hybridized carbons (Fsp3) is 0.500. The van der Waals surface area contributed by atoms with Crippen LogP contribution in [0, 0.1) is 11.3 Å². The average molecular weight is 422 g/mol. The van der Waals surface area contributed by atoms with Gasteiger partial charge in [0.05, 0.1) is 18.3 Å². The lowest BCUT2D eigenvalue weighted by Crippen LogP contribution is -2.33. The Labute approximate surface area is 184 Å². The monoisotopic (exact) mass is 421 g/mol. The summed E-state index contributed by atoms with van der Waals surface area (Å²) in [5, 5.41) is 23.3. The van der Waals surface area contributed by atoms with E-state index in [1.54, 1.807) is 0 Å². The number of nitrogens with zero attached hydrogens (tertiary/aromatic N) is 4. The minimum atomic E-state index is -0.00210. The molecule has 1 aromatic heterocycles. The highest BCUT2D eigenvalue weighted by Gasteiger charge is 2.27. The number of nitriles is 1. The van der Waals surface area contributed by atoms with E-state index in [0.29, 0.717) is 31.0 Å². The average Bonchev–Trinajstić information content (AvgIpc) is 3.31. The number of rotatable bonds is 8. The highest BCUT2D eigenvalue weighted by atomic mass is 16.5. The van der Waals surface area contributed by atoms with Crippen LogP contribution in [-0.2, 0) is 24.2 Å². The summed E-state index contributed by atoms with van der Waals surface area (Å²) in [5.41, 5.74) is 3.94. The smallest absolute Gasteiger partial charge is 0.149 e. The van der Waals surface area contributed by atoms with Crippen molar-refractivity contribution in [3.63, 3.8) is 0 Å². The standard InChI is InChI=1S/C24H31N5O2/c1-28-10-9-20-21(14-25)24(29(11-12-30)16-18-6-3-2-4-7-18)27-23(22(20)17-28)26-15-19-8-5-13-31-19/h2-4,6-7,19,30H,5,8-13,15-17H2,1H3,(H,26,27). The first kappa shape index (κ1) is 21.6. The number of fused-ring (bicyclic) bond motifs is 1. The van der Waals surface area contributed by atoms with Gasteiger partial charge in [-0.3, -0.25) is 0 Å². The third-order valence-corrected chi connectivity index (χ3v) is 6.08. The summed E-state index contributed by atoms with van der Waals surface area (Å²) in [6.45, 7) is 4.22. The van der Waals surface area contributed by atoms with Crippen molar-refractivity contribution in [3.8, 4) is 6.07 Å². The SMILES string of the molecule is CN1CCc2c(C#N)c(N(CCO)Cc3ccccc3)nc(NCC3CCCO3)c2C1. The largest absolute Gasteiger partial charge is 0.395 e. The van der Waals surface area contributed by atoms with Crippen LogP contribution in [0.1, 0.15) is 35.1 Å². The first-order chi connectivity index (χ1) is 15.2. The van der Waals surface area contributed by atoms with Crippen LogP contribution in [0.15, 0.2) is 30.3 Å². The minimum Gasteiger partial charge on any atom is -0.395 e. The molecule has 31 heavy (non-hydrogen) atoms. The molecule has 4 rings (SSSR count). The van der Waals surface area contributed by atoms with E-state index in [2.05, 4.69) is 35.5 Å². The zero-order valence-electron chi connectivity index (χ0n) is 18.2. The molecule has 0 aliphatic carbocycles. The van der Waals surface area contributed by atoms with Gasteiger partial charge in [0.2, 0.25) is 0 Å². The first-order valence-electron chi connectivity index (χ1n) is 11.1. The third-order valence-electron chi connectivity index (χ3n) is 6.08. The van der Waals surface area contributed by atoms with Gasteiger partial charge in [-0.25, -0.2) is 4.98 Å². The van der Waals surface area contributed by atoms with Gasteiger partial charge in [0.1, 0.15) is 17.7 Å². The third kappa shape index (κ3) is 4.99. The number of anilines is 2. The van der Waals surface area contributed by atoms with Crippen LogP contribution in [0.5, 0.6) is 0 Å². The molecule has 2 aliphatic rings. The van der Waals surface area contributed by atoms with Crippen LogP contribution < -0.4 is 10.2 Å². The summed E-state index contributed by atoms with van der Waals surface area (Å²) in [5.74, 6) is 1.49. The maximum atomic E-state index is 10.1. The van der Waals surface area contributed by atoms with Crippen LogP contribution >= 0.6 is 0 Å². The van der Waals surface area contributed by atoms with E-state index in [4.69, 9.17) is 9.72 Å². The van der Waals surface area contributed by atoms with Gasteiger partial charge in [0.15, 0.2) is 0 Å². The molecular formula is C24H31N5O2. The Bertz CT molecular complexity index is 922. The Morgan fingerprint density at radius 1 is 1.32 bits per heavy atom. The highest BCUT2D eigenvalue weighted by molar-refractivity contribution is 5.67. The van der Waals surface area contributed by atoms with Gasteiger partial charge in [-0.1, -0.05) is 30.3 Å². The van der Waals surface area contributed by atoms with E-state index in [1.807, 2.05) is 23.1 Å². The molecule has 2 aliphatic heterocycles. The Morgan fingerprint density at radius 3 is 2.87 bits per heavy atom. The Morgan fingerprint density at radius 2 is 2.16 bits per heavy atom. The number of pyridine rings is 1. The first-order valence-corrected chi connectivity index (χ1v) is 11.1. The molecule has 1 saturated heterocycles. The van der Waals surface area contributed by atoms with Gasteiger partial charge < -0.3 is 25.0 Å². The molecule has 1 aromatic carbocycles. The van der Waals surface area contributed by atoms with E-state index in [1.165, 1.54) is 0 Å². The van der Waals surface area contributed by atoms with E-state index in [9.17, 15) is 10.4 Å². The van der Waals surface area contributed by atoms with Crippen LogP contribution in [0.4, 0.5) is 11.6 Å². The van der Waals surface area contributed by atoms with Crippen molar-refractivity contribution < 1.29 is 9.84 Å². The summed E-state index contributed by atoms with van der Waals surface area (Å²) in [7, 11) is 2.10. The van der Waals surface area contributed by atoms with Gasteiger partial charge in [-0.15, -0.1) is 0 Å². The normalized spacial score (nSPS) is 18.4. The zero-order valence-corrected chi connectivity index (χ0v) is 18.2. The lowest BCUT2D eigenvalue weighted by Gasteiger charge is -2.31. The molecule has 1 fully saturated rings. The second kappa shape index (κ2) is 10.1. The van der Waals surface area contributed by atoms with Gasteiger partial charge in [0.25, 0.3) is 0 Å². The number of hydrogen-bond donors (Lipinski definition) is 2. The molecule has 7 heteroatoms. The molecule has 1 atom stereocenters. The second-order valence-electron chi connectivity index (χ2n) is 8.36. The van der Waals surface area contributed by atoms with Crippen LogP contribution in [0.2, 0.25) is 0 Å². The topological polar surface area (TPSA) is 84.7 Å². The molecular weight excluding hydrogens is 390 g/mol. The van der Waals surface area contributed by atoms with E-state index in [-0.39, 0.29) is 12.7 Å². The Hall–Kier alpha value is -2.66. The van der Waals surface area contributed by atoms with Gasteiger partial charge in [0, 0.05) is 44.9 Å². The van der Waals surface area contributed by atoms with Crippen molar-refractivity contribution in [1.82, 2.24) is 9.88 Å². The number of nitrogens with one attached hydrogen (secondary N) is 1. The predicted molar refractivity (Wildman–Crippen MR) is 121 cm³/mol. The lowest BCUT2D eigenvalue weighted by molar-refractivity contribution is 0.120. The zero-order chi connectivity index (χ0) is 21.6. The van der Waals surface area contributed by atoms with Gasteiger partial charge >= 0.3 is 0 Å². The molecule has 7 nitrogen and oxygen atoms in total. The molecule has 2 aromatic rings. The fourth-order valence-corrected chi connectivity index (χ4v) is 4.45. The number of benzene rings is 1. The predicted octanol–water partition coefficient (Wildman–Crippen LogP) is 2.53. The number of hydrogen-bond acceptors (Lipinski definition) is 7. The van der Waals surface area contributed by atoms with Crippen LogP contribution in [0.3, 0.4) is 0 Å². The van der Waals surface area contributed by atoms with E-state index >= 15 is 0 Å². The fourth-order valence-electron chi connectivity index (χ4n) is 4.45. The molecule has 164 valence electrons. The van der Waals surface area contributed by atoms with Gasteiger partial charge in [-0.2, -0.15) is 5.26 Å².